The third-order valence-corrected chi connectivity index (χ3v) is 4.56. The molecule has 2 rings (SSSR count). The van der Waals surface area contributed by atoms with Crippen LogP contribution in [0.4, 0.5) is 4.79 Å². The van der Waals surface area contributed by atoms with E-state index in [4.69, 9.17) is 0 Å². The Morgan fingerprint density at radius 1 is 1.23 bits per heavy atom. The Morgan fingerprint density at radius 2 is 1.92 bits per heavy atom. The van der Waals surface area contributed by atoms with Gasteiger partial charge in [-0.25, -0.2) is 4.79 Å². The normalized spacial score (nSPS) is 15.5. The second-order valence-corrected chi connectivity index (χ2v) is 6.58. The zero-order valence-corrected chi connectivity index (χ0v) is 15.4. The highest BCUT2D eigenvalue weighted by atomic mass is 32.2. The van der Waals surface area contributed by atoms with Gasteiger partial charge >= 0.3 is 5.97 Å². The average Bonchev–Trinajstić information content (AvgIpc) is 2.89. The van der Waals surface area contributed by atoms with E-state index >= 15 is 0 Å². The summed E-state index contributed by atoms with van der Waals surface area (Å²) in [5.74, 6) is -1.31. The fraction of sp³-hybridized carbons (Fsp3) is 0.333. The molecule has 1 aliphatic heterocycles. The number of unbranched alkanes of at least 4 members (excludes halogenated alkanes) is 1. The lowest BCUT2D eigenvalue weighted by molar-refractivity contribution is -0.129. The number of imide groups is 1. The Balaban J connectivity index is 2.04. The second kappa shape index (κ2) is 9.19. The third kappa shape index (κ3) is 4.95. The lowest BCUT2D eigenvalue weighted by Gasteiger charge is -2.12. The number of methoxy groups -OCH3 is 1. The number of hydrogen-bond donors (Lipinski definition) is 1. The van der Waals surface area contributed by atoms with E-state index in [2.05, 4.69) is 10.1 Å². The number of nitrogens with one attached hydrogen (secondary N) is 1. The van der Waals surface area contributed by atoms with Gasteiger partial charge in [-0.3, -0.25) is 19.3 Å². The molecule has 1 aromatic rings. The Bertz CT molecular complexity index is 742. The van der Waals surface area contributed by atoms with Gasteiger partial charge < -0.3 is 10.1 Å². The molecule has 0 atom stereocenters. The van der Waals surface area contributed by atoms with E-state index in [-0.39, 0.29) is 17.4 Å². The van der Waals surface area contributed by atoms with Crippen LogP contribution in [0, 0.1) is 0 Å². The molecule has 1 fully saturated rings. The molecule has 1 aromatic carbocycles. The van der Waals surface area contributed by atoms with Gasteiger partial charge in [0, 0.05) is 6.54 Å². The molecule has 0 bridgehead atoms. The SMILES string of the molecule is CCCCNC(=O)CN1C(=O)S/C(=C\c2ccc(C(=O)OC)cc2)C1=O. The predicted octanol–water partition coefficient (Wildman–Crippen LogP) is 2.43. The van der Waals surface area contributed by atoms with Crippen molar-refractivity contribution in [1.82, 2.24) is 10.2 Å². The van der Waals surface area contributed by atoms with Crippen LogP contribution in [0.3, 0.4) is 0 Å². The molecular formula is C18H20N2O5S. The maximum absolute atomic E-state index is 12.4. The molecule has 0 unspecified atom stereocenters. The van der Waals surface area contributed by atoms with E-state index in [1.54, 1.807) is 30.3 Å². The first-order valence-electron chi connectivity index (χ1n) is 8.16. The summed E-state index contributed by atoms with van der Waals surface area (Å²) in [7, 11) is 1.30. The summed E-state index contributed by atoms with van der Waals surface area (Å²) in [5.41, 5.74) is 1.05. The molecule has 0 saturated carbocycles. The molecule has 8 heteroatoms. The maximum Gasteiger partial charge on any atom is 0.337 e. The maximum atomic E-state index is 12.4. The van der Waals surface area contributed by atoms with Crippen molar-refractivity contribution in [1.29, 1.82) is 0 Å². The lowest BCUT2D eigenvalue weighted by Crippen LogP contribution is -2.39. The summed E-state index contributed by atoms with van der Waals surface area (Å²) >= 11 is 0.789. The molecule has 7 nitrogen and oxygen atoms in total. The Hall–Kier alpha value is -2.61. The van der Waals surface area contributed by atoms with Gasteiger partial charge in [0.15, 0.2) is 0 Å². The molecular weight excluding hydrogens is 356 g/mol. The van der Waals surface area contributed by atoms with Crippen molar-refractivity contribution in [2.75, 3.05) is 20.2 Å². The number of benzene rings is 1. The van der Waals surface area contributed by atoms with Gasteiger partial charge in [0.2, 0.25) is 5.91 Å². The van der Waals surface area contributed by atoms with Crippen LogP contribution in [0.15, 0.2) is 29.2 Å². The first kappa shape index (κ1) is 19.7. The molecule has 1 saturated heterocycles. The standard InChI is InChI=1S/C18H20N2O5S/c1-3-4-9-19-15(21)11-20-16(22)14(26-18(20)24)10-12-5-7-13(8-6-12)17(23)25-2/h5-8,10H,3-4,9,11H2,1-2H3,(H,19,21)/b14-10-. The van der Waals surface area contributed by atoms with Gasteiger partial charge in [-0.05, 0) is 42.0 Å². The van der Waals surface area contributed by atoms with Crippen LogP contribution in [0.25, 0.3) is 6.08 Å². The van der Waals surface area contributed by atoms with Crippen molar-refractivity contribution >= 4 is 40.9 Å². The van der Waals surface area contributed by atoms with Crippen molar-refractivity contribution < 1.29 is 23.9 Å². The highest BCUT2D eigenvalue weighted by molar-refractivity contribution is 8.18. The molecule has 1 heterocycles. The van der Waals surface area contributed by atoms with Crippen LogP contribution in [-0.4, -0.2) is 48.1 Å². The van der Waals surface area contributed by atoms with E-state index in [1.807, 2.05) is 6.92 Å². The van der Waals surface area contributed by atoms with Crippen molar-refractivity contribution in [3.8, 4) is 0 Å². The number of nitrogens with zero attached hydrogens (tertiary/aromatic N) is 1. The molecule has 0 spiro atoms. The summed E-state index contributed by atoms with van der Waals surface area (Å²) in [5, 5.41) is 2.21. The van der Waals surface area contributed by atoms with E-state index in [9.17, 15) is 19.2 Å². The summed E-state index contributed by atoms with van der Waals surface area (Å²) in [6, 6.07) is 6.45. The van der Waals surface area contributed by atoms with Crippen LogP contribution in [0.1, 0.15) is 35.7 Å². The predicted molar refractivity (Wildman–Crippen MR) is 98.4 cm³/mol. The number of carbonyl (C=O) groups excluding carboxylic acids is 4. The largest absolute Gasteiger partial charge is 0.465 e. The van der Waals surface area contributed by atoms with Gasteiger partial charge in [-0.2, -0.15) is 0 Å². The van der Waals surface area contributed by atoms with Crippen molar-refractivity contribution in [3.05, 3.63) is 40.3 Å². The van der Waals surface area contributed by atoms with Gasteiger partial charge in [0.05, 0.1) is 17.6 Å². The minimum absolute atomic E-state index is 0.238. The molecule has 0 radical (unpaired) electrons. The smallest absolute Gasteiger partial charge is 0.337 e. The molecule has 0 aromatic heterocycles. The number of carbonyl (C=O) groups is 4. The van der Waals surface area contributed by atoms with Crippen LogP contribution in [-0.2, 0) is 14.3 Å². The first-order chi connectivity index (χ1) is 12.5. The molecule has 1 aliphatic rings. The number of ether oxygens (including phenoxy) is 1. The van der Waals surface area contributed by atoms with Crippen molar-refractivity contribution in [3.63, 3.8) is 0 Å². The van der Waals surface area contributed by atoms with Crippen molar-refractivity contribution in [2.24, 2.45) is 0 Å². The first-order valence-corrected chi connectivity index (χ1v) is 8.98. The van der Waals surface area contributed by atoms with Gasteiger partial charge in [-0.15, -0.1) is 0 Å². The van der Waals surface area contributed by atoms with Crippen LogP contribution >= 0.6 is 11.8 Å². The Labute approximate surface area is 155 Å². The number of esters is 1. The summed E-state index contributed by atoms with van der Waals surface area (Å²) in [6.45, 7) is 2.24. The molecule has 138 valence electrons. The van der Waals surface area contributed by atoms with E-state index in [0.29, 0.717) is 17.7 Å². The fourth-order valence-electron chi connectivity index (χ4n) is 2.23. The lowest BCUT2D eigenvalue weighted by atomic mass is 10.1. The minimum atomic E-state index is -0.498. The number of amides is 3. The van der Waals surface area contributed by atoms with Crippen LogP contribution in [0.2, 0.25) is 0 Å². The highest BCUT2D eigenvalue weighted by Gasteiger charge is 2.36. The number of rotatable bonds is 7. The van der Waals surface area contributed by atoms with Gasteiger partial charge in [0.25, 0.3) is 11.1 Å². The van der Waals surface area contributed by atoms with Crippen LogP contribution in [0.5, 0.6) is 0 Å². The molecule has 0 aliphatic carbocycles. The average molecular weight is 376 g/mol. The summed E-state index contributed by atoms with van der Waals surface area (Å²) in [6.07, 6.45) is 3.34. The third-order valence-electron chi connectivity index (χ3n) is 3.66. The Morgan fingerprint density at radius 3 is 2.54 bits per heavy atom. The zero-order chi connectivity index (χ0) is 19.1. The number of thioether (sulfide) groups is 1. The molecule has 1 N–H and O–H groups in total. The highest BCUT2D eigenvalue weighted by Crippen LogP contribution is 2.32. The topological polar surface area (TPSA) is 92.8 Å². The Kier molecular flexibility index (Phi) is 6.97. The molecule has 3 amide bonds. The van der Waals surface area contributed by atoms with Gasteiger partial charge in [-0.1, -0.05) is 25.5 Å². The minimum Gasteiger partial charge on any atom is -0.465 e. The number of hydrogen-bond acceptors (Lipinski definition) is 6. The zero-order valence-electron chi connectivity index (χ0n) is 14.6. The van der Waals surface area contributed by atoms with Gasteiger partial charge in [0.1, 0.15) is 6.54 Å². The quantitative estimate of drug-likeness (QED) is 0.446. The monoisotopic (exact) mass is 376 g/mol. The molecule has 26 heavy (non-hydrogen) atoms. The fourth-order valence-corrected chi connectivity index (χ4v) is 3.06. The van der Waals surface area contributed by atoms with E-state index in [0.717, 1.165) is 29.5 Å². The second-order valence-electron chi connectivity index (χ2n) is 5.58. The van der Waals surface area contributed by atoms with E-state index < -0.39 is 17.1 Å². The van der Waals surface area contributed by atoms with Crippen LogP contribution < -0.4 is 5.32 Å². The summed E-state index contributed by atoms with van der Waals surface area (Å²) in [4.78, 5) is 48.8. The van der Waals surface area contributed by atoms with E-state index in [1.165, 1.54) is 7.11 Å². The van der Waals surface area contributed by atoms with Crippen molar-refractivity contribution in [2.45, 2.75) is 19.8 Å². The summed E-state index contributed by atoms with van der Waals surface area (Å²) < 4.78 is 4.63.